The molecule has 0 saturated heterocycles. The first kappa shape index (κ1) is 15.9. The highest BCUT2D eigenvalue weighted by molar-refractivity contribution is 6.32. The zero-order chi connectivity index (χ0) is 15.4. The Kier molecular flexibility index (Phi) is 5.31. The number of amides is 1. The number of halogens is 1. The lowest BCUT2D eigenvalue weighted by molar-refractivity contribution is -0.132. The number of rotatable bonds is 7. The van der Waals surface area contributed by atoms with E-state index < -0.39 is 0 Å². The van der Waals surface area contributed by atoms with Crippen molar-refractivity contribution < 1.29 is 14.3 Å². The fourth-order valence-electron chi connectivity index (χ4n) is 2.13. The van der Waals surface area contributed by atoms with Crippen molar-refractivity contribution >= 4 is 17.5 Å². The van der Waals surface area contributed by atoms with E-state index in [1.165, 1.54) is 0 Å². The SMILES string of the molecule is COc1cc(CCN)cc(Cl)c1OCC(=O)N(C)C1CC1. The normalized spacial score (nSPS) is 13.9. The summed E-state index contributed by atoms with van der Waals surface area (Å²) in [7, 11) is 3.34. The Hall–Kier alpha value is -1.46. The van der Waals surface area contributed by atoms with Crippen molar-refractivity contribution in [1.29, 1.82) is 0 Å². The van der Waals surface area contributed by atoms with Crippen LogP contribution < -0.4 is 15.2 Å². The van der Waals surface area contributed by atoms with Crippen LogP contribution >= 0.6 is 11.6 Å². The molecule has 2 rings (SSSR count). The molecule has 1 aromatic carbocycles. The molecule has 1 saturated carbocycles. The Morgan fingerprint density at radius 2 is 2.19 bits per heavy atom. The summed E-state index contributed by atoms with van der Waals surface area (Å²) >= 11 is 6.22. The van der Waals surface area contributed by atoms with Crippen LogP contribution in [0.25, 0.3) is 0 Å². The number of methoxy groups -OCH3 is 1. The van der Waals surface area contributed by atoms with Crippen molar-refractivity contribution in [3.8, 4) is 11.5 Å². The minimum atomic E-state index is -0.0540. The summed E-state index contributed by atoms with van der Waals surface area (Å²) in [4.78, 5) is 13.7. The monoisotopic (exact) mass is 312 g/mol. The molecule has 0 radical (unpaired) electrons. The quantitative estimate of drug-likeness (QED) is 0.834. The predicted octanol–water partition coefficient (Wildman–Crippen LogP) is 1.85. The number of benzene rings is 1. The van der Waals surface area contributed by atoms with Crippen LogP contribution in [0, 0.1) is 0 Å². The van der Waals surface area contributed by atoms with Crippen LogP contribution in [0.1, 0.15) is 18.4 Å². The maximum absolute atomic E-state index is 12.0. The predicted molar refractivity (Wildman–Crippen MR) is 82.0 cm³/mol. The summed E-state index contributed by atoms with van der Waals surface area (Å²) in [6.45, 7) is 0.490. The molecule has 1 aliphatic rings. The Balaban J connectivity index is 2.06. The molecule has 1 fully saturated rings. The van der Waals surface area contributed by atoms with E-state index in [9.17, 15) is 4.79 Å². The third-order valence-electron chi connectivity index (χ3n) is 3.55. The van der Waals surface area contributed by atoms with Gasteiger partial charge in [0.05, 0.1) is 12.1 Å². The summed E-state index contributed by atoms with van der Waals surface area (Å²) in [5.41, 5.74) is 6.52. The van der Waals surface area contributed by atoms with Gasteiger partial charge in [-0.05, 0) is 43.5 Å². The van der Waals surface area contributed by atoms with E-state index in [1.54, 1.807) is 25.1 Å². The van der Waals surface area contributed by atoms with Gasteiger partial charge in [-0.15, -0.1) is 0 Å². The zero-order valence-electron chi connectivity index (χ0n) is 12.4. The van der Waals surface area contributed by atoms with Crippen molar-refractivity contribution in [3.05, 3.63) is 22.7 Å². The molecule has 116 valence electrons. The summed E-state index contributed by atoms with van der Waals surface area (Å²) in [6, 6.07) is 4.00. The summed E-state index contributed by atoms with van der Waals surface area (Å²) in [5.74, 6) is 0.868. The highest BCUT2D eigenvalue weighted by atomic mass is 35.5. The Labute approximate surface area is 130 Å². The smallest absolute Gasteiger partial charge is 0.260 e. The highest BCUT2D eigenvalue weighted by Crippen LogP contribution is 2.36. The second-order valence-electron chi connectivity index (χ2n) is 5.17. The number of hydrogen-bond acceptors (Lipinski definition) is 4. The fraction of sp³-hybridized carbons (Fsp3) is 0.533. The number of carbonyl (C=O) groups is 1. The van der Waals surface area contributed by atoms with E-state index in [-0.39, 0.29) is 12.5 Å². The van der Waals surface area contributed by atoms with E-state index in [2.05, 4.69) is 0 Å². The lowest BCUT2D eigenvalue weighted by atomic mass is 10.1. The number of likely N-dealkylation sites (N-methyl/N-ethyl adjacent to an activating group) is 1. The van der Waals surface area contributed by atoms with E-state index in [4.69, 9.17) is 26.8 Å². The van der Waals surface area contributed by atoms with Crippen LogP contribution in [0.4, 0.5) is 0 Å². The van der Waals surface area contributed by atoms with Crippen molar-refractivity contribution in [3.63, 3.8) is 0 Å². The number of ether oxygens (including phenoxy) is 2. The fourth-order valence-corrected chi connectivity index (χ4v) is 2.41. The van der Waals surface area contributed by atoms with Crippen LogP contribution in [-0.4, -0.2) is 44.2 Å². The molecule has 0 bridgehead atoms. The maximum Gasteiger partial charge on any atom is 0.260 e. The summed E-state index contributed by atoms with van der Waals surface area (Å²) in [5, 5.41) is 0.430. The van der Waals surface area contributed by atoms with Crippen LogP contribution in [0.3, 0.4) is 0 Å². The van der Waals surface area contributed by atoms with Gasteiger partial charge in [-0.2, -0.15) is 0 Å². The minimum Gasteiger partial charge on any atom is -0.493 e. The molecule has 1 aromatic rings. The largest absolute Gasteiger partial charge is 0.493 e. The molecular formula is C15H21ClN2O3. The molecule has 0 aromatic heterocycles. The van der Waals surface area contributed by atoms with Gasteiger partial charge in [0, 0.05) is 13.1 Å². The topological polar surface area (TPSA) is 64.8 Å². The molecule has 0 atom stereocenters. The van der Waals surface area contributed by atoms with Gasteiger partial charge in [0.15, 0.2) is 18.1 Å². The average Bonchev–Trinajstić information content (AvgIpc) is 3.29. The Morgan fingerprint density at radius 3 is 2.76 bits per heavy atom. The molecule has 1 amide bonds. The number of hydrogen-bond donors (Lipinski definition) is 1. The van der Waals surface area contributed by atoms with E-state index in [0.29, 0.717) is 35.5 Å². The Morgan fingerprint density at radius 1 is 1.48 bits per heavy atom. The highest BCUT2D eigenvalue weighted by Gasteiger charge is 2.29. The molecule has 0 heterocycles. The first-order valence-corrected chi connectivity index (χ1v) is 7.39. The first-order chi connectivity index (χ1) is 10.1. The van der Waals surface area contributed by atoms with Crippen LogP contribution in [-0.2, 0) is 11.2 Å². The number of carbonyl (C=O) groups excluding carboxylic acids is 1. The van der Waals surface area contributed by atoms with Gasteiger partial charge in [0.25, 0.3) is 5.91 Å². The lowest BCUT2D eigenvalue weighted by Gasteiger charge is -2.18. The zero-order valence-corrected chi connectivity index (χ0v) is 13.2. The maximum atomic E-state index is 12.0. The molecule has 0 spiro atoms. The van der Waals surface area contributed by atoms with E-state index in [1.807, 2.05) is 6.07 Å². The van der Waals surface area contributed by atoms with Crippen LogP contribution in [0.5, 0.6) is 11.5 Å². The standard InChI is InChI=1S/C15H21ClN2O3/c1-18(11-3-4-11)14(19)9-21-15-12(16)7-10(5-6-17)8-13(15)20-2/h7-8,11H,3-6,9,17H2,1-2H3. The summed E-state index contributed by atoms with van der Waals surface area (Å²) < 4.78 is 10.9. The molecule has 0 unspecified atom stereocenters. The van der Waals surface area contributed by atoms with Gasteiger partial charge in [0.1, 0.15) is 0 Å². The average molecular weight is 313 g/mol. The van der Waals surface area contributed by atoms with Crippen molar-refractivity contribution in [2.45, 2.75) is 25.3 Å². The molecule has 2 N–H and O–H groups in total. The van der Waals surface area contributed by atoms with Crippen molar-refractivity contribution in [1.82, 2.24) is 4.90 Å². The molecule has 1 aliphatic carbocycles. The molecule has 5 nitrogen and oxygen atoms in total. The van der Waals surface area contributed by atoms with Gasteiger partial charge < -0.3 is 20.1 Å². The van der Waals surface area contributed by atoms with E-state index in [0.717, 1.165) is 18.4 Å². The van der Waals surface area contributed by atoms with Gasteiger partial charge in [-0.1, -0.05) is 11.6 Å². The molecule has 21 heavy (non-hydrogen) atoms. The Bertz CT molecular complexity index is 518. The number of nitrogens with two attached hydrogens (primary N) is 1. The molecule has 0 aliphatic heterocycles. The third-order valence-corrected chi connectivity index (χ3v) is 3.83. The van der Waals surface area contributed by atoms with Crippen molar-refractivity contribution in [2.24, 2.45) is 5.73 Å². The summed E-state index contributed by atoms with van der Waals surface area (Å²) in [6.07, 6.45) is 2.85. The second-order valence-corrected chi connectivity index (χ2v) is 5.58. The number of nitrogens with zero attached hydrogens (tertiary/aromatic N) is 1. The van der Waals surface area contributed by atoms with Gasteiger partial charge in [-0.3, -0.25) is 4.79 Å². The van der Waals surface area contributed by atoms with Gasteiger partial charge >= 0.3 is 0 Å². The first-order valence-electron chi connectivity index (χ1n) is 7.01. The minimum absolute atomic E-state index is 0.0423. The van der Waals surface area contributed by atoms with Crippen molar-refractivity contribution in [2.75, 3.05) is 27.3 Å². The van der Waals surface area contributed by atoms with E-state index >= 15 is 0 Å². The molecule has 6 heteroatoms. The lowest BCUT2D eigenvalue weighted by Crippen LogP contribution is -2.33. The van der Waals surface area contributed by atoms with Gasteiger partial charge in [-0.25, -0.2) is 0 Å². The second kappa shape index (κ2) is 7.00. The van der Waals surface area contributed by atoms with Gasteiger partial charge in [0.2, 0.25) is 0 Å². The van der Waals surface area contributed by atoms with Crippen LogP contribution in [0.15, 0.2) is 12.1 Å². The third kappa shape index (κ3) is 4.02. The van der Waals surface area contributed by atoms with Crippen LogP contribution in [0.2, 0.25) is 5.02 Å². The molecular weight excluding hydrogens is 292 g/mol.